The Morgan fingerprint density at radius 3 is 2.52 bits per heavy atom. The average molecular weight is 437 g/mol. The maximum atomic E-state index is 12.9. The third-order valence-corrected chi connectivity index (χ3v) is 7.39. The number of hydrogen-bond donors (Lipinski definition) is 1. The summed E-state index contributed by atoms with van der Waals surface area (Å²) in [5, 5.41) is 9.64. The molecule has 1 aliphatic rings. The van der Waals surface area contributed by atoms with Gasteiger partial charge in [-0.25, -0.2) is 8.42 Å². The number of hydrogen-bond acceptors (Lipinski definition) is 4. The fourth-order valence-electron chi connectivity index (χ4n) is 3.22. The molecule has 0 atom stereocenters. The van der Waals surface area contributed by atoms with E-state index in [0.29, 0.717) is 31.0 Å². The summed E-state index contributed by atoms with van der Waals surface area (Å²) in [6.07, 6.45) is 2.74. The zero-order valence-electron chi connectivity index (χ0n) is 15.4. The minimum absolute atomic E-state index is 0.00432. The largest absolute Gasteiger partial charge is 0.395 e. The van der Waals surface area contributed by atoms with Crippen molar-refractivity contribution < 1.29 is 18.3 Å². The zero-order chi connectivity index (χ0) is 20.0. The number of unbranched alkanes of at least 4 members (excludes halogenated alkanes) is 1. The molecule has 1 aromatic rings. The van der Waals surface area contributed by atoms with Gasteiger partial charge in [-0.1, -0.05) is 36.5 Å². The molecule has 0 aromatic heterocycles. The molecule has 0 aliphatic carbocycles. The van der Waals surface area contributed by atoms with Gasteiger partial charge < -0.3 is 10.0 Å². The molecule has 1 saturated heterocycles. The molecule has 9 heteroatoms. The zero-order valence-corrected chi connectivity index (χ0v) is 17.7. The van der Waals surface area contributed by atoms with E-state index in [1.54, 1.807) is 11.0 Å². The molecule has 2 rings (SSSR count). The van der Waals surface area contributed by atoms with Gasteiger partial charge >= 0.3 is 0 Å². The summed E-state index contributed by atoms with van der Waals surface area (Å²) in [7, 11) is -3.76. The van der Waals surface area contributed by atoms with Crippen LogP contribution in [0.3, 0.4) is 0 Å². The van der Waals surface area contributed by atoms with Gasteiger partial charge in [-0.2, -0.15) is 4.31 Å². The number of rotatable bonds is 8. The maximum absolute atomic E-state index is 12.9. The first kappa shape index (κ1) is 22.4. The number of amides is 1. The number of carbonyl (C=O) groups excluding carboxylic acids is 1. The van der Waals surface area contributed by atoms with E-state index in [0.717, 1.165) is 12.8 Å². The first-order valence-corrected chi connectivity index (χ1v) is 11.4. The lowest BCUT2D eigenvalue weighted by atomic mass is 9.96. The van der Waals surface area contributed by atoms with Gasteiger partial charge in [-0.3, -0.25) is 4.79 Å². The number of aliphatic hydroxyl groups is 1. The van der Waals surface area contributed by atoms with E-state index in [2.05, 4.69) is 0 Å². The van der Waals surface area contributed by atoms with Gasteiger partial charge in [0.1, 0.15) is 4.90 Å². The van der Waals surface area contributed by atoms with Crippen molar-refractivity contribution in [2.24, 2.45) is 5.92 Å². The van der Waals surface area contributed by atoms with Crippen LogP contribution in [0.1, 0.15) is 32.6 Å². The molecule has 27 heavy (non-hydrogen) atoms. The van der Waals surface area contributed by atoms with Crippen molar-refractivity contribution in [3.05, 3.63) is 28.2 Å². The topological polar surface area (TPSA) is 77.9 Å². The number of piperidine rings is 1. The Bertz CT molecular complexity index is 750. The van der Waals surface area contributed by atoms with Crippen LogP contribution in [0.15, 0.2) is 23.1 Å². The highest BCUT2D eigenvalue weighted by Gasteiger charge is 2.34. The fourth-order valence-corrected chi connectivity index (χ4v) is 5.42. The summed E-state index contributed by atoms with van der Waals surface area (Å²) in [5.74, 6) is -0.231. The normalized spacial score (nSPS) is 16.4. The smallest absolute Gasteiger partial charge is 0.244 e. The summed E-state index contributed by atoms with van der Waals surface area (Å²) in [6, 6.07) is 4.36. The Balaban J connectivity index is 2.05. The first-order chi connectivity index (χ1) is 12.8. The van der Waals surface area contributed by atoms with Crippen LogP contribution in [0.25, 0.3) is 0 Å². The molecule has 0 bridgehead atoms. The predicted octanol–water partition coefficient (Wildman–Crippen LogP) is 3.02. The molecular formula is C18H26Cl2N2O4S. The van der Waals surface area contributed by atoms with Crippen LogP contribution in [-0.2, 0) is 14.8 Å². The Morgan fingerprint density at radius 2 is 1.93 bits per heavy atom. The molecule has 0 radical (unpaired) electrons. The van der Waals surface area contributed by atoms with Crippen LogP contribution < -0.4 is 0 Å². The van der Waals surface area contributed by atoms with Crippen LogP contribution in [0, 0.1) is 5.92 Å². The van der Waals surface area contributed by atoms with Gasteiger partial charge in [-0.05, 0) is 37.5 Å². The van der Waals surface area contributed by atoms with Gasteiger partial charge in [0.2, 0.25) is 15.9 Å². The maximum Gasteiger partial charge on any atom is 0.244 e. The van der Waals surface area contributed by atoms with Crippen LogP contribution in [0.2, 0.25) is 10.0 Å². The average Bonchev–Trinajstić information content (AvgIpc) is 2.66. The number of carbonyl (C=O) groups is 1. The van der Waals surface area contributed by atoms with Gasteiger partial charge in [0.15, 0.2) is 0 Å². The molecule has 1 heterocycles. The molecular weight excluding hydrogens is 411 g/mol. The fraction of sp³-hybridized carbons (Fsp3) is 0.611. The lowest BCUT2D eigenvalue weighted by molar-refractivity contribution is -0.137. The second kappa shape index (κ2) is 10.1. The third-order valence-electron chi connectivity index (χ3n) is 4.78. The Kier molecular flexibility index (Phi) is 8.37. The van der Waals surface area contributed by atoms with Crippen molar-refractivity contribution in [3.8, 4) is 0 Å². The third kappa shape index (κ3) is 5.57. The quantitative estimate of drug-likeness (QED) is 0.678. The molecule has 0 saturated carbocycles. The second-order valence-corrected chi connectivity index (χ2v) is 9.41. The molecule has 1 fully saturated rings. The molecule has 152 valence electrons. The Hall–Kier alpha value is -0.860. The standard InChI is InChI=1S/C18H26Cl2N2O4S/c1-2-3-8-21(11-12-23)18(24)14-6-9-22(10-7-14)27(25,26)17-13-15(19)4-5-16(17)20/h4-5,13-14,23H,2-3,6-12H2,1H3. The number of aliphatic hydroxyl groups excluding tert-OH is 1. The SMILES string of the molecule is CCCCN(CCO)C(=O)C1CCN(S(=O)(=O)c2cc(Cl)ccc2Cl)CC1. The monoisotopic (exact) mass is 436 g/mol. The number of benzene rings is 1. The van der Waals surface area contributed by atoms with Gasteiger partial charge in [-0.15, -0.1) is 0 Å². The highest BCUT2D eigenvalue weighted by atomic mass is 35.5. The lowest BCUT2D eigenvalue weighted by Gasteiger charge is -2.33. The molecule has 1 N–H and O–H groups in total. The van der Waals surface area contributed by atoms with Gasteiger partial charge in [0.25, 0.3) is 0 Å². The minimum atomic E-state index is -3.76. The van der Waals surface area contributed by atoms with E-state index < -0.39 is 10.0 Å². The molecule has 6 nitrogen and oxygen atoms in total. The molecule has 0 spiro atoms. The van der Waals surface area contributed by atoms with Crippen molar-refractivity contribution in [1.82, 2.24) is 9.21 Å². The van der Waals surface area contributed by atoms with Crippen molar-refractivity contribution >= 4 is 39.1 Å². The molecule has 1 aromatic carbocycles. The highest BCUT2D eigenvalue weighted by Crippen LogP contribution is 2.30. The lowest BCUT2D eigenvalue weighted by Crippen LogP contribution is -2.45. The minimum Gasteiger partial charge on any atom is -0.395 e. The van der Waals surface area contributed by atoms with Crippen LogP contribution in [-0.4, -0.2) is 61.4 Å². The summed E-state index contributed by atoms with van der Waals surface area (Å²) in [4.78, 5) is 14.4. The summed E-state index contributed by atoms with van der Waals surface area (Å²) in [6.45, 7) is 3.41. The van der Waals surface area contributed by atoms with E-state index >= 15 is 0 Å². The van der Waals surface area contributed by atoms with Crippen LogP contribution in [0.4, 0.5) is 0 Å². The predicted molar refractivity (Wildman–Crippen MR) is 107 cm³/mol. The first-order valence-electron chi connectivity index (χ1n) is 9.16. The van der Waals surface area contributed by atoms with Crippen molar-refractivity contribution in [1.29, 1.82) is 0 Å². The van der Waals surface area contributed by atoms with E-state index in [9.17, 15) is 18.3 Å². The number of sulfonamides is 1. The van der Waals surface area contributed by atoms with E-state index in [1.807, 2.05) is 6.92 Å². The van der Waals surface area contributed by atoms with Crippen LogP contribution in [0.5, 0.6) is 0 Å². The molecule has 1 amide bonds. The Morgan fingerprint density at radius 1 is 1.26 bits per heavy atom. The number of nitrogens with zero attached hydrogens (tertiary/aromatic N) is 2. The summed E-state index contributed by atoms with van der Waals surface area (Å²) >= 11 is 12.0. The molecule has 0 unspecified atom stereocenters. The van der Waals surface area contributed by atoms with Crippen LogP contribution >= 0.6 is 23.2 Å². The second-order valence-electron chi connectivity index (χ2n) is 6.66. The van der Waals surface area contributed by atoms with E-state index in [4.69, 9.17) is 23.2 Å². The highest BCUT2D eigenvalue weighted by molar-refractivity contribution is 7.89. The number of halogens is 2. The van der Waals surface area contributed by atoms with Gasteiger partial charge in [0.05, 0.1) is 11.6 Å². The van der Waals surface area contributed by atoms with E-state index in [1.165, 1.54) is 16.4 Å². The summed E-state index contributed by atoms with van der Waals surface area (Å²) in [5.41, 5.74) is 0. The van der Waals surface area contributed by atoms with Crippen molar-refractivity contribution in [2.75, 3.05) is 32.8 Å². The van der Waals surface area contributed by atoms with Crippen molar-refractivity contribution in [2.45, 2.75) is 37.5 Å². The van der Waals surface area contributed by atoms with Gasteiger partial charge in [0, 0.05) is 37.1 Å². The van der Waals surface area contributed by atoms with Crippen molar-refractivity contribution in [3.63, 3.8) is 0 Å². The Labute approximate surface area is 171 Å². The molecule has 1 aliphatic heterocycles. The van der Waals surface area contributed by atoms with E-state index in [-0.39, 0.29) is 41.4 Å². The summed E-state index contributed by atoms with van der Waals surface area (Å²) < 4.78 is 27.1.